The summed E-state index contributed by atoms with van der Waals surface area (Å²) in [7, 11) is 0. The van der Waals surface area contributed by atoms with Crippen molar-refractivity contribution in [2.45, 2.75) is 0 Å². The first-order chi connectivity index (χ1) is 12.3. The van der Waals surface area contributed by atoms with Crippen LogP contribution >= 0.6 is 11.3 Å². The third-order valence-corrected chi connectivity index (χ3v) is 4.67. The fraction of sp³-hybridized carbons (Fsp3) is 0. The maximum absolute atomic E-state index is 12.1. The zero-order chi connectivity index (χ0) is 17.2. The molecule has 1 amide bonds. The van der Waals surface area contributed by atoms with Crippen molar-refractivity contribution in [1.29, 1.82) is 0 Å². The molecule has 0 saturated heterocycles. The molecule has 0 unspecified atom stereocenters. The smallest absolute Gasteiger partial charge is 0.265 e. The highest BCUT2D eigenvalue weighted by molar-refractivity contribution is 7.13. The number of thiazole rings is 1. The maximum Gasteiger partial charge on any atom is 0.265 e. The van der Waals surface area contributed by atoms with Gasteiger partial charge >= 0.3 is 0 Å². The standard InChI is InChI=1S/C18H13N5OS/c19-23-17(24)13-9-16(22-15-5-6-20-10-14(13)15)11-1-3-12(4-2-11)18-21-7-8-25-18/h1-10H,19H2,(H,23,24). The molecule has 0 atom stereocenters. The molecule has 3 N–H and O–H groups in total. The molecular formula is C18H13N5OS. The fourth-order valence-corrected chi connectivity index (χ4v) is 3.28. The SMILES string of the molecule is NNC(=O)c1cc(-c2ccc(-c3nccs3)cc2)nc2ccncc12. The normalized spacial score (nSPS) is 10.8. The van der Waals surface area contributed by atoms with Crippen molar-refractivity contribution in [1.82, 2.24) is 20.4 Å². The first-order valence-electron chi connectivity index (χ1n) is 7.52. The van der Waals surface area contributed by atoms with Crippen LogP contribution in [0.1, 0.15) is 10.4 Å². The molecular weight excluding hydrogens is 334 g/mol. The van der Waals surface area contributed by atoms with E-state index in [1.165, 1.54) is 0 Å². The Hall–Kier alpha value is -3.16. The highest BCUT2D eigenvalue weighted by Gasteiger charge is 2.13. The number of fused-ring (bicyclic) bond motifs is 1. The lowest BCUT2D eigenvalue weighted by Gasteiger charge is -2.09. The molecule has 122 valence electrons. The number of carbonyl (C=O) groups excluding carboxylic acids is 1. The van der Waals surface area contributed by atoms with Crippen LogP contribution in [-0.4, -0.2) is 20.9 Å². The van der Waals surface area contributed by atoms with E-state index in [4.69, 9.17) is 5.84 Å². The van der Waals surface area contributed by atoms with Crippen molar-refractivity contribution < 1.29 is 4.79 Å². The van der Waals surface area contributed by atoms with Crippen LogP contribution in [0.15, 0.2) is 60.4 Å². The van der Waals surface area contributed by atoms with E-state index in [-0.39, 0.29) is 5.91 Å². The molecule has 4 aromatic rings. The van der Waals surface area contributed by atoms with Crippen molar-refractivity contribution in [3.05, 3.63) is 65.9 Å². The Kier molecular flexibility index (Phi) is 3.93. The molecule has 4 rings (SSSR count). The Morgan fingerprint density at radius 3 is 2.60 bits per heavy atom. The van der Waals surface area contributed by atoms with E-state index in [9.17, 15) is 4.79 Å². The molecule has 0 bridgehead atoms. The number of pyridine rings is 2. The number of nitrogens with one attached hydrogen (secondary N) is 1. The number of hydrogen-bond acceptors (Lipinski definition) is 6. The van der Waals surface area contributed by atoms with Crippen LogP contribution in [-0.2, 0) is 0 Å². The Balaban J connectivity index is 1.82. The highest BCUT2D eigenvalue weighted by atomic mass is 32.1. The van der Waals surface area contributed by atoms with E-state index in [0.717, 1.165) is 16.1 Å². The molecule has 25 heavy (non-hydrogen) atoms. The van der Waals surface area contributed by atoms with E-state index < -0.39 is 0 Å². The molecule has 0 saturated carbocycles. The van der Waals surface area contributed by atoms with E-state index >= 15 is 0 Å². The molecule has 7 heteroatoms. The van der Waals surface area contributed by atoms with Gasteiger partial charge in [-0.3, -0.25) is 15.2 Å². The van der Waals surface area contributed by atoms with Crippen LogP contribution in [0.4, 0.5) is 0 Å². The van der Waals surface area contributed by atoms with Gasteiger partial charge in [-0.15, -0.1) is 11.3 Å². The molecule has 0 aliphatic rings. The van der Waals surface area contributed by atoms with E-state index in [1.807, 2.05) is 29.6 Å². The summed E-state index contributed by atoms with van der Waals surface area (Å²) in [4.78, 5) is 25.1. The van der Waals surface area contributed by atoms with Gasteiger partial charge in [0.15, 0.2) is 0 Å². The van der Waals surface area contributed by atoms with Gasteiger partial charge in [0, 0.05) is 40.5 Å². The van der Waals surface area contributed by atoms with Crippen LogP contribution < -0.4 is 11.3 Å². The number of carbonyl (C=O) groups is 1. The number of nitrogen functional groups attached to an aromatic ring is 1. The second kappa shape index (κ2) is 6.39. The van der Waals surface area contributed by atoms with Gasteiger partial charge in [0.2, 0.25) is 0 Å². The van der Waals surface area contributed by atoms with Crippen molar-refractivity contribution in [3.8, 4) is 21.8 Å². The quantitative estimate of drug-likeness (QED) is 0.337. The van der Waals surface area contributed by atoms with Gasteiger partial charge in [-0.25, -0.2) is 15.8 Å². The minimum absolute atomic E-state index is 0.374. The number of nitrogens with zero attached hydrogens (tertiary/aromatic N) is 3. The van der Waals surface area contributed by atoms with Gasteiger partial charge in [-0.2, -0.15) is 0 Å². The summed E-state index contributed by atoms with van der Waals surface area (Å²) >= 11 is 1.59. The van der Waals surface area contributed by atoms with Gasteiger partial charge in [0.25, 0.3) is 5.91 Å². The molecule has 3 heterocycles. The van der Waals surface area contributed by atoms with Gasteiger partial charge in [0.1, 0.15) is 5.01 Å². The zero-order valence-corrected chi connectivity index (χ0v) is 13.8. The summed E-state index contributed by atoms with van der Waals surface area (Å²) in [6.45, 7) is 0. The van der Waals surface area contributed by atoms with Crippen LogP contribution in [0.3, 0.4) is 0 Å². The van der Waals surface area contributed by atoms with Crippen molar-refractivity contribution in [3.63, 3.8) is 0 Å². The van der Waals surface area contributed by atoms with Crippen molar-refractivity contribution in [2.24, 2.45) is 5.84 Å². The van der Waals surface area contributed by atoms with Crippen molar-refractivity contribution >= 4 is 28.1 Å². The summed E-state index contributed by atoms with van der Waals surface area (Å²) < 4.78 is 0. The third-order valence-electron chi connectivity index (χ3n) is 3.85. The van der Waals surface area contributed by atoms with Gasteiger partial charge < -0.3 is 0 Å². The molecule has 0 radical (unpaired) electrons. The molecule has 0 aliphatic heterocycles. The minimum Gasteiger partial charge on any atom is -0.290 e. The van der Waals surface area contributed by atoms with Crippen LogP contribution in [0.5, 0.6) is 0 Å². The van der Waals surface area contributed by atoms with Crippen LogP contribution in [0.25, 0.3) is 32.7 Å². The van der Waals surface area contributed by atoms with E-state index in [2.05, 4.69) is 20.4 Å². The fourth-order valence-electron chi connectivity index (χ4n) is 2.63. The van der Waals surface area contributed by atoms with E-state index in [0.29, 0.717) is 22.2 Å². The van der Waals surface area contributed by atoms with Gasteiger partial charge in [0.05, 0.1) is 16.8 Å². The first kappa shape index (κ1) is 15.4. The Bertz CT molecular complexity index is 1040. The largest absolute Gasteiger partial charge is 0.290 e. The number of hydrogen-bond donors (Lipinski definition) is 2. The number of nitrogens with two attached hydrogens (primary N) is 1. The average Bonchev–Trinajstić information content (AvgIpc) is 3.21. The minimum atomic E-state index is -0.374. The molecule has 0 fully saturated rings. The van der Waals surface area contributed by atoms with E-state index in [1.54, 1.807) is 42.1 Å². The second-order valence-electron chi connectivity index (χ2n) is 5.34. The first-order valence-corrected chi connectivity index (χ1v) is 8.40. The second-order valence-corrected chi connectivity index (χ2v) is 6.23. The lowest BCUT2D eigenvalue weighted by molar-refractivity contribution is 0.0955. The molecule has 0 spiro atoms. The summed E-state index contributed by atoms with van der Waals surface area (Å²) in [5.41, 5.74) is 5.96. The number of hydrazine groups is 1. The van der Waals surface area contributed by atoms with Gasteiger partial charge in [-0.1, -0.05) is 24.3 Å². The Morgan fingerprint density at radius 1 is 1.08 bits per heavy atom. The number of aromatic nitrogens is 3. The molecule has 3 aromatic heterocycles. The monoisotopic (exact) mass is 347 g/mol. The Morgan fingerprint density at radius 2 is 1.88 bits per heavy atom. The predicted molar refractivity (Wildman–Crippen MR) is 97.7 cm³/mol. The highest BCUT2D eigenvalue weighted by Crippen LogP contribution is 2.27. The number of rotatable bonds is 3. The topological polar surface area (TPSA) is 93.8 Å². The average molecular weight is 347 g/mol. The zero-order valence-electron chi connectivity index (χ0n) is 13.0. The van der Waals surface area contributed by atoms with Crippen molar-refractivity contribution in [2.75, 3.05) is 0 Å². The molecule has 0 aliphatic carbocycles. The summed E-state index contributed by atoms with van der Waals surface area (Å²) in [6, 6.07) is 11.4. The third kappa shape index (κ3) is 2.86. The molecule has 6 nitrogen and oxygen atoms in total. The summed E-state index contributed by atoms with van der Waals surface area (Å²) in [6.07, 6.45) is 5.04. The number of amides is 1. The Labute approximate surface area is 147 Å². The predicted octanol–water partition coefficient (Wildman–Crippen LogP) is 3.02. The molecule has 1 aromatic carbocycles. The lowest BCUT2D eigenvalue weighted by atomic mass is 10.0. The number of benzene rings is 1. The summed E-state index contributed by atoms with van der Waals surface area (Å²) in [5, 5.41) is 3.57. The summed E-state index contributed by atoms with van der Waals surface area (Å²) in [5.74, 6) is 4.94. The van der Waals surface area contributed by atoms with Crippen LogP contribution in [0.2, 0.25) is 0 Å². The van der Waals surface area contributed by atoms with Crippen LogP contribution in [0, 0.1) is 0 Å². The maximum atomic E-state index is 12.1. The van der Waals surface area contributed by atoms with Gasteiger partial charge in [-0.05, 0) is 12.1 Å². The lowest BCUT2D eigenvalue weighted by Crippen LogP contribution is -2.30.